The second-order valence-corrected chi connectivity index (χ2v) is 9.63. The fourth-order valence-electron chi connectivity index (χ4n) is 5.49. The standard InChI is InChI=1S/C29H30N4S/c1-18-15-19(2)27(20(3)16-18)32-21(4)17-24(22(32)5)28-26(25-13-9-10-14-30-25)31-29(34)33(28)23-11-7-6-8-12-23/h6-17,26,28H,1-5H3,(H,31,34)/t26-,28-/m1/s1. The summed E-state index contributed by atoms with van der Waals surface area (Å²) >= 11 is 5.89. The zero-order valence-electron chi connectivity index (χ0n) is 20.3. The molecule has 4 nitrogen and oxygen atoms in total. The van der Waals surface area contributed by atoms with Crippen molar-refractivity contribution in [2.45, 2.75) is 46.7 Å². The Morgan fingerprint density at radius 3 is 2.18 bits per heavy atom. The molecule has 0 bridgehead atoms. The third kappa shape index (κ3) is 3.70. The molecule has 0 amide bonds. The first-order valence-electron chi connectivity index (χ1n) is 11.7. The van der Waals surface area contributed by atoms with E-state index in [-0.39, 0.29) is 12.1 Å². The zero-order valence-corrected chi connectivity index (χ0v) is 21.1. The Bertz CT molecular complexity index is 1330. The van der Waals surface area contributed by atoms with Gasteiger partial charge in [-0.05, 0) is 93.9 Å². The first-order valence-corrected chi connectivity index (χ1v) is 12.1. The van der Waals surface area contributed by atoms with E-state index in [1.807, 2.05) is 24.4 Å². The van der Waals surface area contributed by atoms with Crippen LogP contribution in [-0.4, -0.2) is 14.7 Å². The molecule has 0 spiro atoms. The van der Waals surface area contributed by atoms with E-state index in [0.717, 1.165) is 16.5 Å². The maximum atomic E-state index is 5.89. The first kappa shape index (κ1) is 22.4. The van der Waals surface area contributed by atoms with E-state index < -0.39 is 0 Å². The van der Waals surface area contributed by atoms with Crippen molar-refractivity contribution in [3.05, 3.63) is 112 Å². The highest BCUT2D eigenvalue weighted by atomic mass is 32.1. The Morgan fingerprint density at radius 1 is 0.853 bits per heavy atom. The molecule has 4 aromatic rings. The molecule has 3 heterocycles. The van der Waals surface area contributed by atoms with E-state index in [2.05, 4.69) is 97.9 Å². The molecule has 1 saturated heterocycles. The number of anilines is 1. The number of benzene rings is 2. The molecule has 0 saturated carbocycles. The van der Waals surface area contributed by atoms with Crippen molar-refractivity contribution < 1.29 is 0 Å². The van der Waals surface area contributed by atoms with Gasteiger partial charge in [-0.25, -0.2) is 0 Å². The van der Waals surface area contributed by atoms with Gasteiger partial charge in [0.15, 0.2) is 5.11 Å². The van der Waals surface area contributed by atoms with Crippen molar-refractivity contribution in [1.82, 2.24) is 14.9 Å². The van der Waals surface area contributed by atoms with Gasteiger partial charge in [-0.3, -0.25) is 4.98 Å². The van der Waals surface area contributed by atoms with Crippen molar-refractivity contribution >= 4 is 23.0 Å². The number of para-hydroxylation sites is 1. The van der Waals surface area contributed by atoms with Crippen molar-refractivity contribution in [1.29, 1.82) is 0 Å². The van der Waals surface area contributed by atoms with Gasteiger partial charge in [0.25, 0.3) is 0 Å². The summed E-state index contributed by atoms with van der Waals surface area (Å²) in [6.07, 6.45) is 1.85. The van der Waals surface area contributed by atoms with Crippen LogP contribution in [0.4, 0.5) is 5.69 Å². The van der Waals surface area contributed by atoms with Crippen LogP contribution in [0.2, 0.25) is 0 Å². The minimum Gasteiger partial charge on any atom is -0.351 e. The number of hydrogen-bond donors (Lipinski definition) is 1. The molecule has 2 aromatic heterocycles. The highest BCUT2D eigenvalue weighted by Gasteiger charge is 2.42. The molecule has 2 aromatic carbocycles. The SMILES string of the molecule is Cc1cc(C)c(-n2c(C)cc([C@@H]3[C@@H](c4ccccn4)NC(=S)N3c3ccccc3)c2C)c(C)c1. The van der Waals surface area contributed by atoms with Crippen LogP contribution in [0.15, 0.2) is 72.9 Å². The molecule has 1 aliphatic heterocycles. The number of hydrogen-bond acceptors (Lipinski definition) is 2. The number of aryl methyl sites for hydroxylation is 4. The molecule has 0 aliphatic carbocycles. The Labute approximate surface area is 207 Å². The molecule has 1 aliphatic rings. The lowest BCUT2D eigenvalue weighted by Crippen LogP contribution is -2.29. The first-order chi connectivity index (χ1) is 16.4. The zero-order chi connectivity index (χ0) is 24.0. The number of rotatable bonds is 4. The van der Waals surface area contributed by atoms with Crippen LogP contribution in [0.25, 0.3) is 5.69 Å². The lowest BCUT2D eigenvalue weighted by Gasteiger charge is -2.28. The molecule has 5 heteroatoms. The van der Waals surface area contributed by atoms with Crippen LogP contribution < -0.4 is 10.2 Å². The van der Waals surface area contributed by atoms with Gasteiger partial charge in [0.05, 0.1) is 23.5 Å². The van der Waals surface area contributed by atoms with Crippen molar-refractivity contribution in [2.24, 2.45) is 0 Å². The molecule has 172 valence electrons. The number of aromatic nitrogens is 2. The second-order valence-electron chi connectivity index (χ2n) is 9.24. The van der Waals surface area contributed by atoms with Crippen molar-refractivity contribution in [2.75, 3.05) is 4.90 Å². The van der Waals surface area contributed by atoms with Gasteiger partial charge in [0, 0.05) is 23.3 Å². The lowest BCUT2D eigenvalue weighted by molar-refractivity contribution is 0.565. The van der Waals surface area contributed by atoms with E-state index in [4.69, 9.17) is 17.2 Å². The predicted molar refractivity (Wildman–Crippen MR) is 144 cm³/mol. The van der Waals surface area contributed by atoms with Gasteiger partial charge in [0.1, 0.15) is 0 Å². The van der Waals surface area contributed by atoms with E-state index in [1.54, 1.807) is 0 Å². The predicted octanol–water partition coefficient (Wildman–Crippen LogP) is 6.59. The van der Waals surface area contributed by atoms with E-state index in [0.29, 0.717) is 0 Å². The molecule has 2 atom stereocenters. The summed E-state index contributed by atoms with van der Waals surface area (Å²) in [5.74, 6) is 0. The minimum atomic E-state index is -0.0527. The number of nitrogens with zero attached hydrogens (tertiary/aromatic N) is 3. The summed E-state index contributed by atoms with van der Waals surface area (Å²) in [7, 11) is 0. The van der Waals surface area contributed by atoms with Crippen LogP contribution in [-0.2, 0) is 0 Å². The fraction of sp³-hybridized carbons (Fsp3) is 0.241. The van der Waals surface area contributed by atoms with E-state index in [9.17, 15) is 0 Å². The molecule has 1 fully saturated rings. The second kappa shape index (κ2) is 8.73. The normalized spacial score (nSPS) is 17.8. The molecule has 1 N–H and O–H groups in total. The average Bonchev–Trinajstić information content (AvgIpc) is 3.30. The third-order valence-electron chi connectivity index (χ3n) is 6.78. The maximum Gasteiger partial charge on any atom is 0.174 e. The molecule has 5 rings (SSSR count). The van der Waals surface area contributed by atoms with Gasteiger partial charge in [-0.15, -0.1) is 0 Å². The molecular formula is C29H30N4S. The van der Waals surface area contributed by atoms with Crippen LogP contribution in [0, 0.1) is 34.6 Å². The van der Waals surface area contributed by atoms with Gasteiger partial charge >= 0.3 is 0 Å². The lowest BCUT2D eigenvalue weighted by atomic mass is 9.96. The van der Waals surface area contributed by atoms with Gasteiger partial charge < -0.3 is 14.8 Å². The summed E-state index contributed by atoms with van der Waals surface area (Å²) in [4.78, 5) is 6.94. The Hall–Kier alpha value is -3.44. The van der Waals surface area contributed by atoms with Crippen LogP contribution in [0.1, 0.15) is 51.4 Å². The molecule has 34 heavy (non-hydrogen) atoms. The summed E-state index contributed by atoms with van der Waals surface area (Å²) < 4.78 is 2.40. The third-order valence-corrected chi connectivity index (χ3v) is 7.09. The Kier molecular flexibility index (Phi) is 5.74. The highest BCUT2D eigenvalue weighted by molar-refractivity contribution is 7.80. The smallest absolute Gasteiger partial charge is 0.174 e. The summed E-state index contributed by atoms with van der Waals surface area (Å²) in [5, 5.41) is 4.30. The van der Waals surface area contributed by atoms with Crippen LogP contribution in [0.5, 0.6) is 0 Å². The molecular weight excluding hydrogens is 436 g/mol. The van der Waals surface area contributed by atoms with Gasteiger partial charge in [-0.2, -0.15) is 0 Å². The minimum absolute atomic E-state index is 0.0178. The van der Waals surface area contributed by atoms with Gasteiger partial charge in [-0.1, -0.05) is 42.0 Å². The summed E-state index contributed by atoms with van der Waals surface area (Å²) in [5.41, 5.74) is 10.9. The van der Waals surface area contributed by atoms with Crippen molar-refractivity contribution in [3.63, 3.8) is 0 Å². The maximum absolute atomic E-state index is 5.89. The number of pyridine rings is 1. The van der Waals surface area contributed by atoms with Crippen LogP contribution >= 0.6 is 12.2 Å². The Balaban J connectivity index is 1.71. The fourth-order valence-corrected chi connectivity index (χ4v) is 5.84. The summed E-state index contributed by atoms with van der Waals surface area (Å²) in [6, 6.07) is 23.2. The highest BCUT2D eigenvalue weighted by Crippen LogP contribution is 2.44. The Morgan fingerprint density at radius 2 is 1.53 bits per heavy atom. The topological polar surface area (TPSA) is 33.1 Å². The van der Waals surface area contributed by atoms with E-state index in [1.165, 1.54) is 39.3 Å². The average molecular weight is 467 g/mol. The molecule has 0 radical (unpaired) electrons. The van der Waals surface area contributed by atoms with Crippen LogP contribution in [0.3, 0.4) is 0 Å². The monoisotopic (exact) mass is 466 g/mol. The number of nitrogens with one attached hydrogen (secondary N) is 1. The van der Waals surface area contributed by atoms with Gasteiger partial charge in [0.2, 0.25) is 0 Å². The summed E-state index contributed by atoms with van der Waals surface area (Å²) in [6.45, 7) is 11.0. The van der Waals surface area contributed by atoms with E-state index >= 15 is 0 Å². The molecule has 0 unspecified atom stereocenters. The van der Waals surface area contributed by atoms with Crippen molar-refractivity contribution in [3.8, 4) is 5.69 Å². The quantitative estimate of drug-likeness (QED) is 0.344. The largest absolute Gasteiger partial charge is 0.351 e. The number of thiocarbonyl (C=S) groups is 1.